The van der Waals surface area contributed by atoms with E-state index in [1.807, 2.05) is 42.1 Å². The van der Waals surface area contributed by atoms with Crippen molar-refractivity contribution < 1.29 is 4.74 Å². The van der Waals surface area contributed by atoms with Crippen molar-refractivity contribution in [3.63, 3.8) is 0 Å². The van der Waals surface area contributed by atoms with Crippen LogP contribution in [-0.2, 0) is 11.5 Å². The van der Waals surface area contributed by atoms with Crippen LogP contribution in [0.3, 0.4) is 0 Å². The van der Waals surface area contributed by atoms with Gasteiger partial charge in [-0.3, -0.25) is 4.98 Å². The van der Waals surface area contributed by atoms with Crippen LogP contribution >= 0.6 is 0 Å². The number of rotatable bonds is 8. The Hall–Kier alpha value is -3.02. The van der Waals surface area contributed by atoms with Crippen LogP contribution in [0.1, 0.15) is 17.0 Å². The van der Waals surface area contributed by atoms with Crippen molar-refractivity contribution >= 4 is 31.1 Å². The lowest BCUT2D eigenvalue weighted by molar-refractivity contribution is 0.0816. The molecule has 32 heavy (non-hydrogen) atoms. The van der Waals surface area contributed by atoms with Crippen molar-refractivity contribution in [2.24, 2.45) is 0 Å². The molecule has 0 fully saturated rings. The molecular formula is C27H31N3OSi. The predicted octanol–water partition coefficient (Wildman–Crippen LogP) is 6.89. The molecular weight excluding hydrogens is 410 g/mol. The molecule has 4 rings (SSSR count). The fourth-order valence-electron chi connectivity index (χ4n) is 3.51. The molecule has 0 unspecified atom stereocenters. The maximum absolute atomic E-state index is 6.04. The van der Waals surface area contributed by atoms with Crippen LogP contribution in [0.2, 0.25) is 25.7 Å². The molecule has 0 aliphatic rings. The molecule has 4 aromatic rings. The van der Waals surface area contributed by atoms with Gasteiger partial charge in [0.15, 0.2) is 0 Å². The first-order chi connectivity index (χ1) is 15.4. The molecule has 4 nitrogen and oxygen atoms in total. The van der Waals surface area contributed by atoms with E-state index in [4.69, 9.17) is 9.84 Å². The third-order valence-corrected chi connectivity index (χ3v) is 7.17. The van der Waals surface area contributed by atoms with Crippen LogP contribution in [0.15, 0.2) is 66.9 Å². The lowest BCUT2D eigenvalue weighted by Gasteiger charge is -2.15. The Morgan fingerprint density at radius 1 is 0.938 bits per heavy atom. The van der Waals surface area contributed by atoms with Gasteiger partial charge in [-0.25, -0.2) is 4.68 Å². The molecule has 2 heterocycles. The second kappa shape index (κ2) is 9.63. The summed E-state index contributed by atoms with van der Waals surface area (Å²) < 4.78 is 8.02. The average Bonchev–Trinajstić information content (AvgIpc) is 3.13. The summed E-state index contributed by atoms with van der Waals surface area (Å²) in [6, 6.07) is 22.1. The summed E-state index contributed by atoms with van der Waals surface area (Å²) in [7, 11) is -1.12. The van der Waals surface area contributed by atoms with E-state index in [2.05, 4.69) is 73.2 Å². The Labute approximate surface area is 191 Å². The summed E-state index contributed by atoms with van der Waals surface area (Å²) in [6.45, 7) is 10.3. The highest BCUT2D eigenvalue weighted by atomic mass is 28.3. The van der Waals surface area contributed by atoms with Crippen molar-refractivity contribution in [1.82, 2.24) is 14.8 Å². The van der Waals surface area contributed by atoms with Gasteiger partial charge in [-0.2, -0.15) is 5.10 Å². The highest BCUT2D eigenvalue weighted by Crippen LogP contribution is 2.27. The highest BCUT2D eigenvalue weighted by Gasteiger charge is 2.14. The number of aromatic nitrogens is 3. The molecule has 0 spiro atoms. The van der Waals surface area contributed by atoms with Gasteiger partial charge in [0.05, 0.1) is 11.2 Å². The number of benzene rings is 2. The Morgan fingerprint density at radius 2 is 1.72 bits per heavy atom. The van der Waals surface area contributed by atoms with Crippen LogP contribution in [-0.4, -0.2) is 29.4 Å². The fraction of sp³-hybridized carbons (Fsp3) is 0.259. The molecule has 0 atom stereocenters. The van der Waals surface area contributed by atoms with E-state index in [1.54, 1.807) is 0 Å². The summed E-state index contributed by atoms with van der Waals surface area (Å²) in [6.07, 6.45) is 6.12. The Bertz CT molecular complexity index is 1210. The van der Waals surface area contributed by atoms with E-state index in [-0.39, 0.29) is 0 Å². The molecule has 0 saturated carbocycles. The molecule has 2 aromatic heterocycles. The topological polar surface area (TPSA) is 39.9 Å². The van der Waals surface area contributed by atoms with Gasteiger partial charge in [0.1, 0.15) is 6.73 Å². The third kappa shape index (κ3) is 5.61. The first-order valence-corrected chi connectivity index (χ1v) is 14.8. The van der Waals surface area contributed by atoms with Crippen LogP contribution < -0.4 is 0 Å². The lowest BCUT2D eigenvalue weighted by atomic mass is 10.0. The maximum atomic E-state index is 6.04. The van der Waals surface area contributed by atoms with Gasteiger partial charge in [0.25, 0.3) is 0 Å². The third-order valence-electron chi connectivity index (χ3n) is 5.47. The number of hydrogen-bond acceptors (Lipinski definition) is 3. The Balaban J connectivity index is 1.67. The maximum Gasteiger partial charge on any atom is 0.140 e. The summed E-state index contributed by atoms with van der Waals surface area (Å²) in [5, 5.41) is 6.01. The van der Waals surface area contributed by atoms with Crippen LogP contribution in [0.5, 0.6) is 0 Å². The first kappa shape index (κ1) is 22.2. The lowest BCUT2D eigenvalue weighted by Crippen LogP contribution is -2.22. The summed E-state index contributed by atoms with van der Waals surface area (Å²) >= 11 is 0. The number of aryl methyl sites for hydroxylation is 1. The van der Waals surface area contributed by atoms with Gasteiger partial charge < -0.3 is 4.74 Å². The molecule has 0 saturated heterocycles. The molecule has 164 valence electrons. The smallest absolute Gasteiger partial charge is 0.140 e. The number of pyridine rings is 1. The average molecular weight is 442 g/mol. The van der Waals surface area contributed by atoms with Crippen molar-refractivity contribution in [1.29, 1.82) is 0 Å². The Kier molecular flexibility index (Phi) is 6.68. The van der Waals surface area contributed by atoms with Crippen molar-refractivity contribution in [2.75, 3.05) is 6.61 Å². The molecule has 0 aliphatic heterocycles. The zero-order valence-electron chi connectivity index (χ0n) is 19.4. The molecule has 0 bridgehead atoms. The van der Waals surface area contributed by atoms with Crippen LogP contribution in [0.4, 0.5) is 0 Å². The SMILES string of the molecule is Cc1ccc(-c2ccc3c(/C=C/c4ccccc4)nn(COCC[Si](C)(C)C)c3c2)cn1. The van der Waals surface area contributed by atoms with Gasteiger partial charge in [0.2, 0.25) is 0 Å². The van der Waals surface area contributed by atoms with E-state index in [0.29, 0.717) is 6.73 Å². The quantitative estimate of drug-likeness (QED) is 0.221. The minimum absolute atomic E-state index is 0.454. The Morgan fingerprint density at radius 3 is 2.44 bits per heavy atom. The summed E-state index contributed by atoms with van der Waals surface area (Å²) in [4.78, 5) is 4.46. The van der Waals surface area contributed by atoms with Gasteiger partial charge in [-0.1, -0.05) is 68.2 Å². The highest BCUT2D eigenvalue weighted by molar-refractivity contribution is 6.76. The minimum atomic E-state index is -1.12. The van der Waals surface area contributed by atoms with E-state index < -0.39 is 8.07 Å². The molecule has 5 heteroatoms. The van der Waals surface area contributed by atoms with Crippen molar-refractivity contribution in [3.05, 3.63) is 83.8 Å². The summed E-state index contributed by atoms with van der Waals surface area (Å²) in [5.74, 6) is 0. The number of ether oxygens (including phenoxy) is 1. The van der Waals surface area contributed by atoms with Crippen LogP contribution in [0, 0.1) is 6.92 Å². The number of fused-ring (bicyclic) bond motifs is 1. The van der Waals surface area contributed by atoms with Gasteiger partial charge in [0, 0.05) is 37.5 Å². The van der Waals surface area contributed by atoms with Crippen LogP contribution in [0.25, 0.3) is 34.2 Å². The van der Waals surface area contributed by atoms with Gasteiger partial charge in [-0.05, 0) is 48.4 Å². The monoisotopic (exact) mass is 441 g/mol. The number of hydrogen-bond donors (Lipinski definition) is 0. The van der Waals surface area contributed by atoms with Gasteiger partial charge >= 0.3 is 0 Å². The van der Waals surface area contributed by atoms with Gasteiger partial charge in [-0.15, -0.1) is 0 Å². The van der Waals surface area contributed by atoms with E-state index in [9.17, 15) is 0 Å². The number of nitrogens with zero attached hydrogens (tertiary/aromatic N) is 3. The second-order valence-electron chi connectivity index (χ2n) is 9.40. The predicted molar refractivity (Wildman–Crippen MR) is 137 cm³/mol. The first-order valence-electron chi connectivity index (χ1n) is 11.1. The van der Waals surface area contributed by atoms with Crippen molar-refractivity contribution in [3.8, 4) is 11.1 Å². The zero-order chi connectivity index (χ0) is 22.6. The molecule has 0 N–H and O–H groups in total. The molecule has 0 radical (unpaired) electrons. The van der Waals surface area contributed by atoms with Crippen molar-refractivity contribution in [2.45, 2.75) is 39.3 Å². The zero-order valence-corrected chi connectivity index (χ0v) is 20.4. The molecule has 0 amide bonds. The van der Waals surface area contributed by atoms with E-state index in [1.165, 1.54) is 0 Å². The largest absolute Gasteiger partial charge is 0.360 e. The van der Waals surface area contributed by atoms with E-state index >= 15 is 0 Å². The molecule has 2 aromatic carbocycles. The standard InChI is InChI=1S/C27H31N3OSi/c1-21-10-12-24(19-28-21)23-13-14-25-26(15-11-22-8-6-5-7-9-22)29-30(27(25)18-23)20-31-16-17-32(2,3)4/h5-15,18-19H,16-17,20H2,1-4H3/b15-11+. The second-order valence-corrected chi connectivity index (χ2v) is 15.0. The summed E-state index contributed by atoms with van der Waals surface area (Å²) in [5.41, 5.74) is 6.43. The minimum Gasteiger partial charge on any atom is -0.360 e. The fourth-order valence-corrected chi connectivity index (χ4v) is 4.26. The molecule has 0 aliphatic carbocycles. The van der Waals surface area contributed by atoms with E-state index in [0.717, 1.165) is 51.6 Å². The normalized spacial score (nSPS) is 12.1.